The molecule has 0 amide bonds. The molecule has 158 valence electrons. The highest BCUT2D eigenvalue weighted by Gasteiger charge is 2.25. The fourth-order valence-electron chi connectivity index (χ4n) is 3.01. The number of halogens is 1. The maximum Gasteiger partial charge on any atom is 0.340 e. The Hall–Kier alpha value is -3.10. The predicted octanol–water partition coefficient (Wildman–Crippen LogP) is 4.56. The lowest BCUT2D eigenvalue weighted by Gasteiger charge is -2.16. The van der Waals surface area contributed by atoms with E-state index >= 15 is 0 Å². The molecule has 1 aliphatic rings. The van der Waals surface area contributed by atoms with E-state index in [0.717, 1.165) is 16.9 Å². The minimum Gasteiger partial charge on any atom is -0.497 e. The molecule has 31 heavy (non-hydrogen) atoms. The van der Waals surface area contributed by atoms with Gasteiger partial charge in [-0.3, -0.25) is 0 Å². The molecule has 7 nitrogen and oxygen atoms in total. The first-order chi connectivity index (χ1) is 15.1. The number of aromatic nitrogens is 3. The van der Waals surface area contributed by atoms with Crippen LogP contribution in [0.25, 0.3) is 17.5 Å². The number of carbonyl (C=O) groups is 1. The van der Waals surface area contributed by atoms with Crippen molar-refractivity contribution in [2.24, 2.45) is 5.10 Å². The Morgan fingerprint density at radius 2 is 2.03 bits per heavy atom. The van der Waals surface area contributed by atoms with Crippen LogP contribution in [0.2, 0.25) is 5.02 Å². The van der Waals surface area contributed by atoms with Crippen molar-refractivity contribution in [1.29, 1.82) is 0 Å². The molecule has 4 rings (SSSR count). The molecule has 1 aliphatic heterocycles. The van der Waals surface area contributed by atoms with E-state index in [1.807, 2.05) is 36.4 Å². The molecule has 2 heterocycles. The zero-order chi connectivity index (χ0) is 21.8. The van der Waals surface area contributed by atoms with Crippen molar-refractivity contribution in [3.8, 4) is 17.1 Å². The maximum atomic E-state index is 12.7. The standard InChI is InChI=1S/C22H19ClN4O3S/c1-3-30-21(28)18(12-14-5-4-6-16(23)11-14)19-13-31-22-25-24-20(27(22)26-19)15-7-9-17(29-2)10-8-15/h4-12H,3,13H2,1-2H3/b18-12+. The summed E-state index contributed by atoms with van der Waals surface area (Å²) in [7, 11) is 1.62. The van der Waals surface area contributed by atoms with E-state index in [4.69, 9.17) is 26.2 Å². The van der Waals surface area contributed by atoms with Gasteiger partial charge in [0.25, 0.3) is 0 Å². The minimum atomic E-state index is -0.440. The predicted molar refractivity (Wildman–Crippen MR) is 122 cm³/mol. The fraction of sp³-hybridized carbons (Fsp3) is 0.182. The smallest absolute Gasteiger partial charge is 0.340 e. The van der Waals surface area contributed by atoms with Crippen LogP contribution in [0.5, 0.6) is 5.75 Å². The molecule has 0 spiro atoms. The highest BCUT2D eigenvalue weighted by molar-refractivity contribution is 7.99. The summed E-state index contributed by atoms with van der Waals surface area (Å²) >= 11 is 7.56. The third-order valence-corrected chi connectivity index (χ3v) is 5.65. The van der Waals surface area contributed by atoms with Crippen LogP contribution in [0.3, 0.4) is 0 Å². The number of thioether (sulfide) groups is 1. The molecule has 0 saturated heterocycles. The van der Waals surface area contributed by atoms with Gasteiger partial charge in [0.2, 0.25) is 5.16 Å². The first-order valence-electron chi connectivity index (χ1n) is 9.54. The number of carbonyl (C=O) groups excluding carboxylic acids is 1. The molecule has 0 aliphatic carbocycles. The van der Waals surface area contributed by atoms with Gasteiger partial charge in [-0.25, -0.2) is 4.79 Å². The maximum absolute atomic E-state index is 12.7. The fourth-order valence-corrected chi connectivity index (χ4v) is 4.04. The van der Waals surface area contributed by atoms with Gasteiger partial charge >= 0.3 is 5.97 Å². The lowest BCUT2D eigenvalue weighted by Crippen LogP contribution is -2.21. The second-order valence-electron chi connectivity index (χ2n) is 6.52. The van der Waals surface area contributed by atoms with E-state index in [1.165, 1.54) is 11.8 Å². The van der Waals surface area contributed by atoms with Crippen LogP contribution in [0.4, 0.5) is 0 Å². The number of ether oxygens (including phenoxy) is 2. The Morgan fingerprint density at radius 1 is 1.23 bits per heavy atom. The first-order valence-corrected chi connectivity index (χ1v) is 10.9. The van der Waals surface area contributed by atoms with Crippen LogP contribution in [-0.4, -0.2) is 46.0 Å². The Bertz CT molecular complexity index is 1170. The minimum absolute atomic E-state index is 0.265. The summed E-state index contributed by atoms with van der Waals surface area (Å²) in [5.41, 5.74) is 2.57. The van der Waals surface area contributed by atoms with Crippen LogP contribution in [0.15, 0.2) is 64.4 Å². The molecule has 3 aromatic rings. The zero-order valence-corrected chi connectivity index (χ0v) is 18.5. The van der Waals surface area contributed by atoms with Crippen molar-refractivity contribution in [2.45, 2.75) is 12.1 Å². The molecule has 0 saturated carbocycles. The van der Waals surface area contributed by atoms with Gasteiger partial charge in [0, 0.05) is 16.3 Å². The number of fused-ring (bicyclic) bond motifs is 1. The molecule has 1 aromatic heterocycles. The quantitative estimate of drug-likeness (QED) is 0.401. The monoisotopic (exact) mass is 454 g/mol. The van der Waals surface area contributed by atoms with Gasteiger partial charge in [0.15, 0.2) is 5.82 Å². The summed E-state index contributed by atoms with van der Waals surface area (Å²) < 4.78 is 12.2. The van der Waals surface area contributed by atoms with Crippen molar-refractivity contribution in [2.75, 3.05) is 19.5 Å². The number of benzene rings is 2. The van der Waals surface area contributed by atoms with Crippen LogP contribution in [0.1, 0.15) is 12.5 Å². The normalized spacial score (nSPS) is 13.4. The molecular formula is C22H19ClN4O3S. The van der Waals surface area contributed by atoms with Gasteiger partial charge in [0.1, 0.15) is 5.75 Å². The number of hydrogen-bond acceptors (Lipinski definition) is 7. The number of methoxy groups -OCH3 is 1. The second kappa shape index (κ2) is 9.36. The molecule has 2 aromatic carbocycles. The van der Waals surface area contributed by atoms with Crippen molar-refractivity contribution in [1.82, 2.24) is 14.9 Å². The summed E-state index contributed by atoms with van der Waals surface area (Å²) in [6.45, 7) is 2.03. The molecule has 0 N–H and O–H groups in total. The SMILES string of the molecule is CCOC(=O)/C(=C/c1cccc(Cl)c1)C1=Nn2c(nnc2-c2ccc(OC)cc2)SC1. The molecule has 0 bridgehead atoms. The molecule has 0 radical (unpaired) electrons. The second-order valence-corrected chi connectivity index (χ2v) is 7.89. The van der Waals surface area contributed by atoms with Gasteiger partial charge in [0.05, 0.1) is 25.0 Å². The van der Waals surface area contributed by atoms with E-state index in [9.17, 15) is 4.79 Å². The van der Waals surface area contributed by atoms with E-state index < -0.39 is 5.97 Å². The largest absolute Gasteiger partial charge is 0.497 e. The van der Waals surface area contributed by atoms with Crippen LogP contribution in [-0.2, 0) is 9.53 Å². The van der Waals surface area contributed by atoms with Crippen LogP contribution in [0, 0.1) is 0 Å². The van der Waals surface area contributed by atoms with E-state index in [0.29, 0.717) is 33.0 Å². The number of hydrogen-bond donors (Lipinski definition) is 0. The van der Waals surface area contributed by atoms with Crippen LogP contribution >= 0.6 is 23.4 Å². The van der Waals surface area contributed by atoms with E-state index in [2.05, 4.69) is 10.2 Å². The lowest BCUT2D eigenvalue weighted by atomic mass is 10.1. The Kier molecular flexibility index (Phi) is 6.39. The molecular weight excluding hydrogens is 436 g/mol. The van der Waals surface area contributed by atoms with Crippen molar-refractivity contribution >= 4 is 41.1 Å². The Balaban J connectivity index is 1.76. The van der Waals surface area contributed by atoms with Gasteiger partial charge in [-0.05, 0) is 55.0 Å². The number of rotatable bonds is 6. The average molecular weight is 455 g/mol. The summed E-state index contributed by atoms with van der Waals surface area (Å²) in [5.74, 6) is 1.35. The van der Waals surface area contributed by atoms with E-state index in [1.54, 1.807) is 36.9 Å². The third kappa shape index (κ3) is 4.65. The zero-order valence-electron chi connectivity index (χ0n) is 16.9. The average Bonchev–Trinajstić information content (AvgIpc) is 3.21. The van der Waals surface area contributed by atoms with Crippen molar-refractivity contribution in [3.63, 3.8) is 0 Å². The summed E-state index contributed by atoms with van der Waals surface area (Å²) in [5, 5.41) is 14.5. The van der Waals surface area contributed by atoms with Crippen LogP contribution < -0.4 is 4.74 Å². The van der Waals surface area contributed by atoms with Crippen molar-refractivity contribution < 1.29 is 14.3 Å². The summed E-state index contributed by atoms with van der Waals surface area (Å²) in [4.78, 5) is 12.7. The Morgan fingerprint density at radius 3 is 2.74 bits per heavy atom. The molecule has 0 unspecified atom stereocenters. The summed E-state index contributed by atoms with van der Waals surface area (Å²) in [6, 6.07) is 14.7. The van der Waals surface area contributed by atoms with Gasteiger partial charge in [-0.1, -0.05) is 35.5 Å². The first kappa shape index (κ1) is 21.1. The molecule has 0 fully saturated rings. The topological polar surface area (TPSA) is 78.6 Å². The van der Waals surface area contributed by atoms with Crippen molar-refractivity contribution in [3.05, 3.63) is 64.7 Å². The van der Waals surface area contributed by atoms with Gasteiger partial charge in [-0.15, -0.1) is 10.2 Å². The third-order valence-electron chi connectivity index (χ3n) is 4.48. The molecule has 0 atom stereocenters. The number of nitrogens with zero attached hydrogens (tertiary/aromatic N) is 4. The highest BCUT2D eigenvalue weighted by atomic mass is 35.5. The lowest BCUT2D eigenvalue weighted by molar-refractivity contribution is -0.137. The summed E-state index contributed by atoms with van der Waals surface area (Å²) in [6.07, 6.45) is 1.74. The Labute approximate surface area is 188 Å². The highest BCUT2D eigenvalue weighted by Crippen LogP contribution is 2.30. The molecule has 9 heteroatoms. The van der Waals surface area contributed by atoms with Gasteiger partial charge in [-0.2, -0.15) is 9.78 Å². The number of esters is 1. The van der Waals surface area contributed by atoms with Gasteiger partial charge < -0.3 is 9.47 Å². The van der Waals surface area contributed by atoms with E-state index in [-0.39, 0.29) is 6.61 Å².